The number of fused-ring (bicyclic) bond motifs is 3. The van der Waals surface area contributed by atoms with Crippen LogP contribution in [0.5, 0.6) is 0 Å². The maximum absolute atomic E-state index is 12.9. The fraction of sp³-hybridized carbons (Fsp3) is 0.0870. The second kappa shape index (κ2) is 6.31. The highest BCUT2D eigenvalue weighted by atomic mass is 16.1. The fourth-order valence-electron chi connectivity index (χ4n) is 3.68. The summed E-state index contributed by atoms with van der Waals surface area (Å²) in [5.41, 5.74) is 12.1. The number of anilines is 1. The first-order valence-corrected chi connectivity index (χ1v) is 9.31. The molecular weight excluding hydrogens is 362 g/mol. The molecule has 0 unspecified atom stereocenters. The molecule has 142 valence electrons. The van der Waals surface area contributed by atoms with E-state index in [1.54, 1.807) is 21.5 Å². The van der Waals surface area contributed by atoms with Crippen molar-refractivity contribution in [2.75, 3.05) is 5.73 Å². The Kier molecular flexibility index (Phi) is 3.74. The molecule has 6 heteroatoms. The minimum absolute atomic E-state index is 0.111. The van der Waals surface area contributed by atoms with Crippen molar-refractivity contribution in [3.63, 3.8) is 0 Å². The highest BCUT2D eigenvalue weighted by Crippen LogP contribution is 2.29. The molecule has 0 amide bonds. The Bertz CT molecular complexity index is 1460. The largest absolute Gasteiger partial charge is 0.398 e. The molecule has 0 aliphatic rings. The van der Waals surface area contributed by atoms with Gasteiger partial charge >= 0.3 is 0 Å². The van der Waals surface area contributed by atoms with E-state index in [9.17, 15) is 4.79 Å². The normalized spacial score (nSPS) is 11.4. The smallest absolute Gasteiger partial charge is 0.255 e. The number of nitrogens with zero attached hydrogens (tertiary/aromatic N) is 4. The summed E-state index contributed by atoms with van der Waals surface area (Å²) in [4.78, 5) is 17.5. The van der Waals surface area contributed by atoms with Gasteiger partial charge in [0.1, 0.15) is 0 Å². The van der Waals surface area contributed by atoms with E-state index in [0.717, 1.165) is 44.2 Å². The van der Waals surface area contributed by atoms with Gasteiger partial charge in [-0.25, -0.2) is 0 Å². The van der Waals surface area contributed by atoms with Crippen LogP contribution in [0.1, 0.15) is 5.56 Å². The van der Waals surface area contributed by atoms with Crippen molar-refractivity contribution < 1.29 is 0 Å². The van der Waals surface area contributed by atoms with Gasteiger partial charge in [0.25, 0.3) is 5.56 Å². The number of hydrogen-bond donors (Lipinski definition) is 1. The van der Waals surface area contributed by atoms with Gasteiger partial charge < -0.3 is 5.73 Å². The van der Waals surface area contributed by atoms with E-state index in [1.165, 1.54) is 0 Å². The lowest BCUT2D eigenvalue weighted by molar-refractivity contribution is 0.768. The van der Waals surface area contributed by atoms with Crippen LogP contribution >= 0.6 is 0 Å². The lowest BCUT2D eigenvalue weighted by atomic mass is 10.0. The molecule has 6 nitrogen and oxygen atoms in total. The van der Waals surface area contributed by atoms with E-state index in [-0.39, 0.29) is 5.56 Å². The molecule has 0 bridgehead atoms. The molecule has 29 heavy (non-hydrogen) atoms. The molecule has 2 N–H and O–H groups in total. The Morgan fingerprint density at radius 3 is 2.59 bits per heavy atom. The third-order valence-electron chi connectivity index (χ3n) is 5.28. The summed E-state index contributed by atoms with van der Waals surface area (Å²) in [7, 11) is 1.89. The molecule has 0 fully saturated rings. The summed E-state index contributed by atoms with van der Waals surface area (Å²) < 4.78 is 3.48. The monoisotopic (exact) mass is 381 g/mol. The fourth-order valence-corrected chi connectivity index (χ4v) is 3.68. The van der Waals surface area contributed by atoms with Crippen LogP contribution in [-0.4, -0.2) is 19.3 Å². The zero-order valence-corrected chi connectivity index (χ0v) is 16.1. The van der Waals surface area contributed by atoms with E-state index in [1.807, 2.05) is 62.8 Å². The maximum atomic E-state index is 12.9. The van der Waals surface area contributed by atoms with E-state index in [4.69, 9.17) is 5.73 Å². The number of rotatable bonds is 2. The van der Waals surface area contributed by atoms with E-state index >= 15 is 0 Å². The predicted molar refractivity (Wildman–Crippen MR) is 116 cm³/mol. The molecule has 3 heterocycles. The highest BCUT2D eigenvalue weighted by molar-refractivity contribution is 6.05. The molecule has 2 aromatic carbocycles. The van der Waals surface area contributed by atoms with Crippen LogP contribution in [0.15, 0.2) is 71.9 Å². The molecule has 0 atom stereocenters. The zero-order valence-electron chi connectivity index (χ0n) is 16.1. The Labute approximate surface area is 166 Å². The quantitative estimate of drug-likeness (QED) is 0.372. The molecule has 0 radical (unpaired) electrons. The highest BCUT2D eigenvalue weighted by Gasteiger charge is 2.12. The van der Waals surface area contributed by atoms with Crippen LogP contribution in [0.4, 0.5) is 5.69 Å². The number of aryl methyl sites for hydroxylation is 2. The van der Waals surface area contributed by atoms with Crippen molar-refractivity contribution in [2.24, 2.45) is 7.05 Å². The SMILES string of the molecule is Cc1ccc(-n2c(=O)ccc3cnc4ccc(-c5cnn(C)c5)cc4c32)cc1N. The average Bonchev–Trinajstić information content (AvgIpc) is 3.16. The van der Waals surface area contributed by atoms with Crippen LogP contribution in [0.25, 0.3) is 38.6 Å². The van der Waals surface area contributed by atoms with Gasteiger partial charge in [-0.05, 0) is 48.4 Å². The topological polar surface area (TPSA) is 78.7 Å². The average molecular weight is 381 g/mol. The Hall–Kier alpha value is -3.93. The number of nitrogens with two attached hydrogens (primary N) is 1. The minimum Gasteiger partial charge on any atom is -0.398 e. The Morgan fingerprint density at radius 2 is 1.83 bits per heavy atom. The van der Waals surface area contributed by atoms with Crippen LogP contribution in [0.2, 0.25) is 0 Å². The van der Waals surface area contributed by atoms with Crippen molar-refractivity contribution in [2.45, 2.75) is 6.92 Å². The first-order valence-electron chi connectivity index (χ1n) is 9.31. The standard InChI is InChI=1S/C23H19N5O/c1-14-3-6-18(10-20(14)24)28-22(29)8-5-16-11-25-21-7-4-15(9-19(21)23(16)28)17-12-26-27(2)13-17/h3-13H,24H2,1-2H3. The molecule has 5 aromatic rings. The lowest BCUT2D eigenvalue weighted by Gasteiger charge is -2.14. The molecule has 5 rings (SSSR count). The molecule has 0 aliphatic heterocycles. The summed E-state index contributed by atoms with van der Waals surface area (Å²) in [5.74, 6) is 0. The minimum atomic E-state index is -0.111. The number of benzene rings is 2. The van der Waals surface area contributed by atoms with Gasteiger partial charge in [0.05, 0.1) is 22.9 Å². The van der Waals surface area contributed by atoms with Gasteiger partial charge in [0.15, 0.2) is 0 Å². The van der Waals surface area contributed by atoms with Crippen LogP contribution in [0, 0.1) is 6.92 Å². The number of hydrogen-bond acceptors (Lipinski definition) is 4. The van der Waals surface area contributed by atoms with Crippen molar-refractivity contribution in [1.29, 1.82) is 0 Å². The molecule has 0 saturated carbocycles. The van der Waals surface area contributed by atoms with Crippen molar-refractivity contribution in [3.05, 3.63) is 83.0 Å². The Morgan fingerprint density at radius 1 is 0.966 bits per heavy atom. The van der Waals surface area contributed by atoms with Gasteiger partial charge in [-0.2, -0.15) is 5.10 Å². The zero-order chi connectivity index (χ0) is 20.1. The van der Waals surface area contributed by atoms with Gasteiger partial charge in [0.2, 0.25) is 0 Å². The van der Waals surface area contributed by atoms with Gasteiger partial charge in [-0.1, -0.05) is 12.1 Å². The lowest BCUT2D eigenvalue weighted by Crippen LogP contribution is -2.18. The number of pyridine rings is 2. The summed E-state index contributed by atoms with van der Waals surface area (Å²) in [6.07, 6.45) is 5.59. The van der Waals surface area contributed by atoms with Crippen molar-refractivity contribution >= 4 is 27.5 Å². The van der Waals surface area contributed by atoms with Gasteiger partial charge in [-0.3, -0.25) is 19.0 Å². The van der Waals surface area contributed by atoms with E-state index in [2.05, 4.69) is 16.1 Å². The molecule has 0 spiro atoms. The number of nitrogen functional groups attached to an aromatic ring is 1. The second-order valence-corrected chi connectivity index (χ2v) is 7.24. The van der Waals surface area contributed by atoms with Gasteiger partial charge in [-0.15, -0.1) is 0 Å². The number of aromatic nitrogens is 4. The van der Waals surface area contributed by atoms with E-state index < -0.39 is 0 Å². The third-order valence-corrected chi connectivity index (χ3v) is 5.28. The third kappa shape index (κ3) is 2.77. The van der Waals surface area contributed by atoms with Gasteiger partial charge in [0, 0.05) is 47.5 Å². The Balaban J connectivity index is 1.89. The summed E-state index contributed by atoms with van der Waals surface area (Å²) in [5, 5.41) is 6.06. The molecule has 0 saturated heterocycles. The maximum Gasteiger partial charge on any atom is 0.255 e. The molecule has 3 aromatic heterocycles. The van der Waals surface area contributed by atoms with Crippen LogP contribution < -0.4 is 11.3 Å². The molecular formula is C23H19N5O. The predicted octanol–water partition coefficient (Wildman–Crippen LogP) is 3.83. The van der Waals surface area contributed by atoms with E-state index in [0.29, 0.717) is 5.69 Å². The summed E-state index contributed by atoms with van der Waals surface area (Å²) >= 11 is 0. The summed E-state index contributed by atoms with van der Waals surface area (Å²) in [6.45, 7) is 1.95. The first kappa shape index (κ1) is 17.2. The van der Waals surface area contributed by atoms with Crippen molar-refractivity contribution in [3.8, 4) is 16.8 Å². The second-order valence-electron chi connectivity index (χ2n) is 7.24. The van der Waals surface area contributed by atoms with Crippen molar-refractivity contribution in [1.82, 2.24) is 19.3 Å². The molecule has 0 aliphatic carbocycles. The van der Waals surface area contributed by atoms with Crippen LogP contribution in [0.3, 0.4) is 0 Å². The first-order chi connectivity index (χ1) is 14.0. The summed E-state index contributed by atoms with van der Waals surface area (Å²) in [6, 6.07) is 15.1. The van der Waals surface area contributed by atoms with Crippen LogP contribution in [-0.2, 0) is 7.05 Å².